The standard InChI is InChI=1S/C20H23N5O3/c1-13(2)11-28-20(26)14-5-7-15(8-6-14)25-19-17(21)18(23-12-24-19)22-10-16-4-3-9-27-16/h3-9,12-13H,10-11,21H2,1-2H3,(H2,22,23,24,25). The maximum absolute atomic E-state index is 12.0. The number of benzene rings is 1. The first kappa shape index (κ1) is 19.2. The van der Waals surface area contributed by atoms with Crippen LogP contribution in [0.15, 0.2) is 53.4 Å². The first-order valence-corrected chi connectivity index (χ1v) is 8.94. The van der Waals surface area contributed by atoms with Crippen molar-refractivity contribution in [3.8, 4) is 0 Å². The van der Waals surface area contributed by atoms with Gasteiger partial charge in [-0.2, -0.15) is 0 Å². The Morgan fingerprint density at radius 1 is 1.18 bits per heavy atom. The number of nitrogens with two attached hydrogens (primary N) is 1. The van der Waals surface area contributed by atoms with Crippen LogP contribution in [0.25, 0.3) is 0 Å². The van der Waals surface area contributed by atoms with Gasteiger partial charge in [0.2, 0.25) is 0 Å². The largest absolute Gasteiger partial charge is 0.467 e. The van der Waals surface area contributed by atoms with E-state index in [2.05, 4.69) is 20.6 Å². The number of rotatable bonds is 8. The van der Waals surface area contributed by atoms with Gasteiger partial charge in [0, 0.05) is 5.69 Å². The summed E-state index contributed by atoms with van der Waals surface area (Å²) in [6.45, 7) is 4.83. The van der Waals surface area contributed by atoms with Crippen molar-refractivity contribution in [3.05, 3.63) is 60.3 Å². The molecule has 0 aliphatic rings. The summed E-state index contributed by atoms with van der Waals surface area (Å²) in [6, 6.07) is 10.6. The highest BCUT2D eigenvalue weighted by atomic mass is 16.5. The fraction of sp³-hybridized carbons (Fsp3) is 0.250. The van der Waals surface area contributed by atoms with Gasteiger partial charge in [0.05, 0.1) is 25.0 Å². The van der Waals surface area contributed by atoms with Crippen molar-refractivity contribution in [1.82, 2.24) is 9.97 Å². The molecule has 28 heavy (non-hydrogen) atoms. The third-order valence-corrected chi connectivity index (χ3v) is 3.83. The summed E-state index contributed by atoms with van der Waals surface area (Å²) >= 11 is 0. The third-order valence-electron chi connectivity index (χ3n) is 3.83. The summed E-state index contributed by atoms with van der Waals surface area (Å²) in [5.74, 6) is 1.69. The first-order valence-electron chi connectivity index (χ1n) is 8.94. The number of ether oxygens (including phenoxy) is 1. The monoisotopic (exact) mass is 381 g/mol. The lowest BCUT2D eigenvalue weighted by Crippen LogP contribution is -2.10. The zero-order chi connectivity index (χ0) is 19.9. The van der Waals surface area contributed by atoms with Crippen LogP contribution in [0.1, 0.15) is 30.0 Å². The molecule has 0 radical (unpaired) electrons. The molecule has 0 saturated heterocycles. The van der Waals surface area contributed by atoms with Gasteiger partial charge in [-0.15, -0.1) is 0 Å². The summed E-state index contributed by atoms with van der Waals surface area (Å²) < 4.78 is 10.5. The molecule has 2 heterocycles. The smallest absolute Gasteiger partial charge is 0.338 e. The Kier molecular flexibility index (Phi) is 6.11. The molecule has 8 nitrogen and oxygen atoms in total. The number of hydrogen-bond acceptors (Lipinski definition) is 8. The molecule has 4 N–H and O–H groups in total. The van der Waals surface area contributed by atoms with Gasteiger partial charge in [-0.3, -0.25) is 0 Å². The average molecular weight is 381 g/mol. The van der Waals surface area contributed by atoms with E-state index in [-0.39, 0.29) is 5.97 Å². The fourth-order valence-corrected chi connectivity index (χ4v) is 2.37. The summed E-state index contributed by atoms with van der Waals surface area (Å²) in [4.78, 5) is 20.3. The highest BCUT2D eigenvalue weighted by Gasteiger charge is 2.11. The van der Waals surface area contributed by atoms with Crippen molar-refractivity contribution in [2.45, 2.75) is 20.4 Å². The first-order chi connectivity index (χ1) is 13.5. The molecule has 2 aromatic heterocycles. The molecular weight excluding hydrogens is 358 g/mol. The molecular formula is C20H23N5O3. The second-order valence-electron chi connectivity index (χ2n) is 6.61. The normalized spacial score (nSPS) is 10.7. The van der Waals surface area contributed by atoms with E-state index in [0.717, 1.165) is 11.4 Å². The summed E-state index contributed by atoms with van der Waals surface area (Å²) in [5.41, 5.74) is 7.77. The quantitative estimate of drug-likeness (QED) is 0.504. The van der Waals surface area contributed by atoms with Gasteiger partial charge < -0.3 is 25.5 Å². The van der Waals surface area contributed by atoms with Crippen LogP contribution in [0.5, 0.6) is 0 Å². The summed E-state index contributed by atoms with van der Waals surface area (Å²) in [5, 5.41) is 6.25. The van der Waals surface area contributed by atoms with Crippen LogP contribution >= 0.6 is 0 Å². The number of hydrogen-bond donors (Lipinski definition) is 3. The number of esters is 1. The Morgan fingerprint density at radius 2 is 1.93 bits per heavy atom. The van der Waals surface area contributed by atoms with Crippen molar-refractivity contribution < 1.29 is 13.9 Å². The van der Waals surface area contributed by atoms with Crippen LogP contribution in [0.3, 0.4) is 0 Å². The number of furan rings is 1. The second-order valence-corrected chi connectivity index (χ2v) is 6.61. The van der Waals surface area contributed by atoms with E-state index < -0.39 is 0 Å². The lowest BCUT2D eigenvalue weighted by molar-refractivity contribution is 0.0459. The average Bonchev–Trinajstić information content (AvgIpc) is 3.21. The van der Waals surface area contributed by atoms with Crippen molar-refractivity contribution >= 4 is 29.0 Å². The fourth-order valence-electron chi connectivity index (χ4n) is 2.37. The van der Waals surface area contributed by atoms with Crippen LogP contribution in [0.4, 0.5) is 23.0 Å². The van der Waals surface area contributed by atoms with E-state index in [0.29, 0.717) is 42.0 Å². The Hall–Kier alpha value is -3.55. The molecule has 0 saturated carbocycles. The van der Waals surface area contributed by atoms with Gasteiger partial charge in [0.1, 0.15) is 17.8 Å². The predicted molar refractivity (Wildman–Crippen MR) is 107 cm³/mol. The zero-order valence-electron chi connectivity index (χ0n) is 15.8. The lowest BCUT2D eigenvalue weighted by Gasteiger charge is -2.12. The molecule has 0 aliphatic heterocycles. The van der Waals surface area contributed by atoms with Crippen molar-refractivity contribution in [3.63, 3.8) is 0 Å². The molecule has 8 heteroatoms. The molecule has 0 amide bonds. The van der Waals surface area contributed by atoms with Crippen LogP contribution in [-0.2, 0) is 11.3 Å². The van der Waals surface area contributed by atoms with Gasteiger partial charge in [0.25, 0.3) is 0 Å². The van der Waals surface area contributed by atoms with E-state index in [9.17, 15) is 4.79 Å². The molecule has 0 fully saturated rings. The van der Waals surface area contributed by atoms with Gasteiger partial charge in [0.15, 0.2) is 11.6 Å². The number of nitrogens with one attached hydrogen (secondary N) is 2. The Labute approximate surface area is 163 Å². The molecule has 0 unspecified atom stereocenters. The van der Waals surface area contributed by atoms with E-state index in [4.69, 9.17) is 14.9 Å². The number of carbonyl (C=O) groups is 1. The molecule has 0 atom stereocenters. The SMILES string of the molecule is CC(C)COC(=O)c1ccc(Nc2ncnc(NCc3ccco3)c2N)cc1. The minimum Gasteiger partial charge on any atom is -0.467 e. The topological polar surface area (TPSA) is 115 Å². The molecule has 3 rings (SSSR count). The number of aromatic nitrogens is 2. The summed E-state index contributed by atoms with van der Waals surface area (Å²) in [7, 11) is 0. The lowest BCUT2D eigenvalue weighted by atomic mass is 10.2. The minimum atomic E-state index is -0.341. The van der Waals surface area contributed by atoms with Gasteiger partial charge in [-0.05, 0) is 42.3 Å². The molecule has 3 aromatic rings. The van der Waals surface area contributed by atoms with Crippen LogP contribution in [-0.4, -0.2) is 22.5 Å². The molecule has 1 aromatic carbocycles. The summed E-state index contributed by atoms with van der Waals surface area (Å²) in [6.07, 6.45) is 3.02. The van der Waals surface area contributed by atoms with E-state index in [1.54, 1.807) is 30.5 Å². The van der Waals surface area contributed by atoms with Crippen molar-refractivity contribution in [2.24, 2.45) is 5.92 Å². The van der Waals surface area contributed by atoms with Gasteiger partial charge in [-0.1, -0.05) is 13.8 Å². The Bertz CT molecular complexity index is 908. The van der Waals surface area contributed by atoms with E-state index in [1.165, 1.54) is 6.33 Å². The van der Waals surface area contributed by atoms with Crippen LogP contribution < -0.4 is 16.4 Å². The second kappa shape index (κ2) is 8.90. The maximum atomic E-state index is 12.0. The number of nitrogen functional groups attached to an aromatic ring is 1. The minimum absolute atomic E-state index is 0.293. The molecule has 0 bridgehead atoms. The van der Waals surface area contributed by atoms with Gasteiger partial charge >= 0.3 is 5.97 Å². The molecule has 0 aliphatic carbocycles. The van der Waals surface area contributed by atoms with Crippen molar-refractivity contribution in [2.75, 3.05) is 23.0 Å². The molecule has 146 valence electrons. The van der Waals surface area contributed by atoms with Gasteiger partial charge in [-0.25, -0.2) is 14.8 Å². The number of carbonyl (C=O) groups excluding carboxylic acids is 1. The number of nitrogens with zero attached hydrogens (tertiary/aromatic N) is 2. The Morgan fingerprint density at radius 3 is 2.61 bits per heavy atom. The predicted octanol–water partition coefficient (Wildman–Crippen LogP) is 3.82. The zero-order valence-corrected chi connectivity index (χ0v) is 15.8. The maximum Gasteiger partial charge on any atom is 0.338 e. The van der Waals surface area contributed by atoms with Crippen LogP contribution in [0.2, 0.25) is 0 Å². The Balaban J connectivity index is 1.64. The molecule has 0 spiro atoms. The highest BCUT2D eigenvalue weighted by molar-refractivity contribution is 5.90. The van der Waals surface area contributed by atoms with E-state index in [1.807, 2.05) is 26.0 Å². The highest BCUT2D eigenvalue weighted by Crippen LogP contribution is 2.26. The van der Waals surface area contributed by atoms with E-state index >= 15 is 0 Å². The number of anilines is 4. The van der Waals surface area contributed by atoms with Crippen molar-refractivity contribution in [1.29, 1.82) is 0 Å². The van der Waals surface area contributed by atoms with Crippen LogP contribution in [0, 0.1) is 5.92 Å². The third kappa shape index (κ3) is 5.00.